The molecule has 1 heterocycles. The number of nitrogens with two attached hydrogens (primary N) is 1. The highest BCUT2D eigenvalue weighted by Crippen LogP contribution is 2.36. The van der Waals surface area contributed by atoms with Crippen LogP contribution in [0.2, 0.25) is 0 Å². The molecule has 0 bridgehead atoms. The Bertz CT molecular complexity index is 418. The standard InChI is InChI=1S/C15H24FN3/c1-3-15(2,19-9-4-5-10-19)14(18-17)12-7-6-8-13(16)11-12/h6-8,11,14,18H,3-5,9-10,17H2,1-2H3. The lowest BCUT2D eigenvalue weighted by molar-refractivity contribution is 0.0839. The Hall–Kier alpha value is -0.970. The van der Waals surface area contributed by atoms with Gasteiger partial charge in [-0.3, -0.25) is 16.2 Å². The molecule has 2 unspecified atom stereocenters. The Morgan fingerprint density at radius 1 is 1.42 bits per heavy atom. The van der Waals surface area contributed by atoms with Crippen LogP contribution < -0.4 is 11.3 Å². The van der Waals surface area contributed by atoms with Crippen molar-refractivity contribution in [3.63, 3.8) is 0 Å². The fourth-order valence-corrected chi connectivity index (χ4v) is 3.16. The third-order valence-corrected chi connectivity index (χ3v) is 4.51. The minimum Gasteiger partial charge on any atom is -0.296 e. The summed E-state index contributed by atoms with van der Waals surface area (Å²) in [6.07, 6.45) is 3.43. The van der Waals surface area contributed by atoms with E-state index < -0.39 is 0 Å². The lowest BCUT2D eigenvalue weighted by Gasteiger charge is -2.44. The first-order valence-electron chi connectivity index (χ1n) is 7.08. The molecular weight excluding hydrogens is 241 g/mol. The van der Waals surface area contributed by atoms with Gasteiger partial charge in [-0.05, 0) is 57.0 Å². The van der Waals surface area contributed by atoms with Gasteiger partial charge >= 0.3 is 0 Å². The number of halogens is 1. The predicted molar refractivity (Wildman–Crippen MR) is 76.0 cm³/mol. The van der Waals surface area contributed by atoms with Gasteiger partial charge < -0.3 is 0 Å². The van der Waals surface area contributed by atoms with Crippen molar-refractivity contribution in [1.29, 1.82) is 0 Å². The van der Waals surface area contributed by atoms with E-state index in [1.165, 1.54) is 18.9 Å². The zero-order chi connectivity index (χ0) is 13.9. The van der Waals surface area contributed by atoms with E-state index in [2.05, 4.69) is 24.2 Å². The molecule has 0 aromatic heterocycles. The van der Waals surface area contributed by atoms with E-state index in [9.17, 15) is 4.39 Å². The van der Waals surface area contributed by atoms with Crippen LogP contribution in [0.4, 0.5) is 4.39 Å². The van der Waals surface area contributed by atoms with Gasteiger partial charge in [-0.15, -0.1) is 0 Å². The number of benzene rings is 1. The van der Waals surface area contributed by atoms with Crippen molar-refractivity contribution in [2.24, 2.45) is 5.84 Å². The lowest BCUT2D eigenvalue weighted by atomic mass is 9.83. The number of hydrogen-bond donors (Lipinski definition) is 2. The molecular formula is C15H24FN3. The van der Waals surface area contributed by atoms with Crippen LogP contribution in [-0.2, 0) is 0 Å². The highest BCUT2D eigenvalue weighted by atomic mass is 19.1. The molecule has 0 saturated carbocycles. The zero-order valence-corrected chi connectivity index (χ0v) is 11.8. The molecule has 106 valence electrons. The Morgan fingerprint density at radius 3 is 2.63 bits per heavy atom. The first kappa shape index (κ1) is 14.4. The molecule has 0 amide bonds. The number of hydrazine groups is 1. The smallest absolute Gasteiger partial charge is 0.123 e. The summed E-state index contributed by atoms with van der Waals surface area (Å²) in [5, 5.41) is 0. The molecule has 19 heavy (non-hydrogen) atoms. The summed E-state index contributed by atoms with van der Waals surface area (Å²) in [5.74, 6) is 5.57. The molecule has 0 radical (unpaired) electrons. The molecule has 2 atom stereocenters. The summed E-state index contributed by atoms with van der Waals surface area (Å²) in [6, 6.07) is 6.67. The van der Waals surface area contributed by atoms with E-state index in [1.54, 1.807) is 12.1 Å². The van der Waals surface area contributed by atoms with Gasteiger partial charge in [0.15, 0.2) is 0 Å². The Balaban J connectivity index is 2.32. The Labute approximate surface area is 114 Å². The zero-order valence-electron chi connectivity index (χ0n) is 11.8. The van der Waals surface area contributed by atoms with Gasteiger partial charge in [0.1, 0.15) is 5.82 Å². The second-order valence-electron chi connectivity index (χ2n) is 5.56. The largest absolute Gasteiger partial charge is 0.296 e. The maximum Gasteiger partial charge on any atom is 0.123 e. The molecule has 0 aliphatic carbocycles. The van der Waals surface area contributed by atoms with Crippen molar-refractivity contribution in [3.05, 3.63) is 35.6 Å². The number of hydrogen-bond acceptors (Lipinski definition) is 3. The molecule has 2 rings (SSSR count). The van der Waals surface area contributed by atoms with Crippen LogP contribution in [0, 0.1) is 5.82 Å². The minimum atomic E-state index is -0.211. The number of nitrogens with zero attached hydrogens (tertiary/aromatic N) is 1. The molecule has 1 aliphatic heterocycles. The maximum atomic E-state index is 13.5. The molecule has 3 nitrogen and oxygen atoms in total. The first-order chi connectivity index (χ1) is 9.11. The molecule has 4 heteroatoms. The molecule has 1 aromatic rings. The Kier molecular flexibility index (Phi) is 4.55. The number of nitrogens with one attached hydrogen (secondary N) is 1. The van der Waals surface area contributed by atoms with Gasteiger partial charge in [-0.1, -0.05) is 19.1 Å². The van der Waals surface area contributed by atoms with Crippen molar-refractivity contribution in [2.75, 3.05) is 13.1 Å². The second-order valence-corrected chi connectivity index (χ2v) is 5.56. The lowest BCUT2D eigenvalue weighted by Crippen LogP contribution is -2.54. The second kappa shape index (κ2) is 5.99. The summed E-state index contributed by atoms with van der Waals surface area (Å²) in [7, 11) is 0. The van der Waals surface area contributed by atoms with Crippen LogP contribution in [0.5, 0.6) is 0 Å². The molecule has 1 saturated heterocycles. The summed E-state index contributed by atoms with van der Waals surface area (Å²) >= 11 is 0. The van der Waals surface area contributed by atoms with Gasteiger partial charge in [0, 0.05) is 5.54 Å². The fourth-order valence-electron chi connectivity index (χ4n) is 3.16. The average molecular weight is 265 g/mol. The van der Waals surface area contributed by atoms with E-state index in [4.69, 9.17) is 5.84 Å². The SMILES string of the molecule is CCC(C)(C(NN)c1cccc(F)c1)N1CCCC1. The topological polar surface area (TPSA) is 41.3 Å². The van der Waals surface area contributed by atoms with Gasteiger partial charge in [0.2, 0.25) is 0 Å². The van der Waals surface area contributed by atoms with E-state index in [1.807, 2.05) is 6.07 Å². The van der Waals surface area contributed by atoms with Crippen molar-refractivity contribution in [3.8, 4) is 0 Å². The van der Waals surface area contributed by atoms with Crippen LogP contribution >= 0.6 is 0 Å². The Morgan fingerprint density at radius 2 is 2.11 bits per heavy atom. The minimum absolute atomic E-state index is 0.0636. The normalized spacial score (nSPS) is 21.3. The van der Waals surface area contributed by atoms with Crippen molar-refractivity contribution >= 4 is 0 Å². The predicted octanol–water partition coefficient (Wildman–Crippen LogP) is 2.59. The van der Waals surface area contributed by atoms with Gasteiger partial charge in [-0.25, -0.2) is 4.39 Å². The summed E-state index contributed by atoms with van der Waals surface area (Å²) in [5.41, 5.74) is 3.74. The maximum absolute atomic E-state index is 13.5. The van der Waals surface area contributed by atoms with Crippen molar-refractivity contribution in [1.82, 2.24) is 10.3 Å². The van der Waals surface area contributed by atoms with Crippen LogP contribution in [0.15, 0.2) is 24.3 Å². The van der Waals surface area contributed by atoms with E-state index in [-0.39, 0.29) is 17.4 Å². The van der Waals surface area contributed by atoms with Crippen LogP contribution in [-0.4, -0.2) is 23.5 Å². The molecule has 3 N–H and O–H groups in total. The fraction of sp³-hybridized carbons (Fsp3) is 0.600. The highest BCUT2D eigenvalue weighted by molar-refractivity contribution is 5.24. The number of rotatable bonds is 5. The van der Waals surface area contributed by atoms with E-state index >= 15 is 0 Å². The van der Waals surface area contributed by atoms with Crippen LogP contribution in [0.3, 0.4) is 0 Å². The summed E-state index contributed by atoms with van der Waals surface area (Å²) in [4.78, 5) is 2.47. The van der Waals surface area contributed by atoms with E-state index in [0.717, 1.165) is 25.1 Å². The molecule has 0 spiro atoms. The first-order valence-corrected chi connectivity index (χ1v) is 7.08. The third-order valence-electron chi connectivity index (χ3n) is 4.51. The van der Waals surface area contributed by atoms with Crippen LogP contribution in [0.25, 0.3) is 0 Å². The average Bonchev–Trinajstić information content (AvgIpc) is 2.94. The third kappa shape index (κ3) is 2.81. The van der Waals surface area contributed by atoms with Gasteiger partial charge in [0.05, 0.1) is 6.04 Å². The van der Waals surface area contributed by atoms with E-state index in [0.29, 0.717) is 0 Å². The molecule has 1 aromatic carbocycles. The van der Waals surface area contributed by atoms with Crippen molar-refractivity contribution in [2.45, 2.75) is 44.7 Å². The van der Waals surface area contributed by atoms with Gasteiger partial charge in [0.25, 0.3) is 0 Å². The summed E-state index contributed by atoms with van der Waals surface area (Å²) in [6.45, 7) is 6.57. The van der Waals surface area contributed by atoms with Gasteiger partial charge in [-0.2, -0.15) is 0 Å². The van der Waals surface area contributed by atoms with Crippen LogP contribution in [0.1, 0.15) is 44.7 Å². The molecule has 1 fully saturated rings. The monoisotopic (exact) mass is 265 g/mol. The quantitative estimate of drug-likeness (QED) is 0.635. The number of likely N-dealkylation sites (tertiary alicyclic amines) is 1. The molecule has 1 aliphatic rings. The highest BCUT2D eigenvalue weighted by Gasteiger charge is 2.39. The summed E-state index contributed by atoms with van der Waals surface area (Å²) < 4.78 is 13.5. The van der Waals surface area contributed by atoms with Crippen molar-refractivity contribution < 1.29 is 4.39 Å².